The lowest BCUT2D eigenvalue weighted by Crippen LogP contribution is -1.87. The maximum absolute atomic E-state index is 7.51. The molecular formula is C11H13NOS. The summed E-state index contributed by atoms with van der Waals surface area (Å²) in [6.45, 7) is 6.34. The van der Waals surface area contributed by atoms with Crippen LogP contribution in [-0.4, -0.2) is 0 Å². The van der Waals surface area contributed by atoms with Gasteiger partial charge in [0.1, 0.15) is 0 Å². The summed E-state index contributed by atoms with van der Waals surface area (Å²) in [5.41, 5.74) is 3.27. The predicted molar refractivity (Wildman–Crippen MR) is 58.8 cm³/mol. The van der Waals surface area contributed by atoms with Gasteiger partial charge in [-0.25, -0.2) is 0 Å². The van der Waals surface area contributed by atoms with Gasteiger partial charge in [0.25, 0.3) is 4.87 Å². The molecule has 1 N–H and O–H groups in total. The molecule has 2 rings (SSSR count). The van der Waals surface area contributed by atoms with Crippen LogP contribution >= 0.6 is 11.3 Å². The number of nitrogens with one attached hydrogen (secondary N) is 1. The van der Waals surface area contributed by atoms with Gasteiger partial charge in [0.15, 0.2) is 5.58 Å². The van der Waals surface area contributed by atoms with Gasteiger partial charge >= 0.3 is 0 Å². The number of hydrogen-bond donors (Lipinski definition) is 1. The maximum atomic E-state index is 7.51. The molecule has 0 unspecified atom stereocenters. The molecule has 0 amide bonds. The van der Waals surface area contributed by atoms with Crippen molar-refractivity contribution < 1.29 is 4.42 Å². The molecule has 2 nitrogen and oxygen atoms in total. The summed E-state index contributed by atoms with van der Waals surface area (Å²) in [5.74, 6) is 0.478. The third-order valence-corrected chi connectivity index (χ3v) is 3.24. The second kappa shape index (κ2) is 3.24. The zero-order valence-corrected chi connectivity index (χ0v) is 9.37. The molecule has 14 heavy (non-hydrogen) atoms. The SMILES string of the molecule is Cc1ccc(C(C)C)c2sc(=N)oc12. The summed E-state index contributed by atoms with van der Waals surface area (Å²) >= 11 is 1.42. The first-order valence-electron chi connectivity index (χ1n) is 4.67. The van der Waals surface area contributed by atoms with Crippen LogP contribution in [0.1, 0.15) is 30.9 Å². The first-order valence-corrected chi connectivity index (χ1v) is 5.49. The number of benzene rings is 1. The highest BCUT2D eigenvalue weighted by molar-refractivity contribution is 7.16. The highest BCUT2D eigenvalue weighted by atomic mass is 32.1. The molecule has 0 bridgehead atoms. The smallest absolute Gasteiger partial charge is 0.271 e. The third-order valence-electron chi connectivity index (χ3n) is 2.35. The molecular weight excluding hydrogens is 194 g/mol. The van der Waals surface area contributed by atoms with Gasteiger partial charge in [0, 0.05) is 0 Å². The zero-order valence-electron chi connectivity index (χ0n) is 8.55. The molecule has 0 radical (unpaired) electrons. The van der Waals surface area contributed by atoms with Crippen molar-refractivity contribution in [1.82, 2.24) is 0 Å². The van der Waals surface area contributed by atoms with Crippen molar-refractivity contribution in [1.29, 1.82) is 5.41 Å². The molecule has 0 atom stereocenters. The fourth-order valence-electron chi connectivity index (χ4n) is 1.57. The summed E-state index contributed by atoms with van der Waals surface area (Å²) in [7, 11) is 0. The molecule has 3 heteroatoms. The Labute approximate surface area is 86.7 Å². The van der Waals surface area contributed by atoms with Crippen LogP contribution < -0.4 is 4.87 Å². The molecule has 74 valence electrons. The van der Waals surface area contributed by atoms with E-state index in [0.717, 1.165) is 15.8 Å². The number of hydrogen-bond acceptors (Lipinski definition) is 3. The van der Waals surface area contributed by atoms with E-state index in [1.807, 2.05) is 6.92 Å². The molecule has 0 fully saturated rings. The van der Waals surface area contributed by atoms with Gasteiger partial charge in [-0.05, 0) is 24.0 Å². The minimum absolute atomic E-state index is 0.288. The minimum atomic E-state index is 0.288. The molecule has 0 aliphatic rings. The highest BCUT2D eigenvalue weighted by Gasteiger charge is 2.10. The Balaban J connectivity index is 2.87. The van der Waals surface area contributed by atoms with Gasteiger partial charge in [-0.2, -0.15) is 0 Å². The second-order valence-corrected chi connectivity index (χ2v) is 4.76. The van der Waals surface area contributed by atoms with E-state index >= 15 is 0 Å². The van der Waals surface area contributed by atoms with Crippen LogP contribution in [-0.2, 0) is 0 Å². The normalized spacial score (nSPS) is 11.4. The first kappa shape index (κ1) is 9.46. The van der Waals surface area contributed by atoms with Crippen LogP contribution in [0.4, 0.5) is 0 Å². The van der Waals surface area contributed by atoms with Crippen LogP contribution in [0, 0.1) is 12.3 Å². The van der Waals surface area contributed by atoms with E-state index < -0.39 is 0 Å². The van der Waals surface area contributed by atoms with Crippen molar-refractivity contribution in [3.05, 3.63) is 28.1 Å². The van der Waals surface area contributed by atoms with Crippen LogP contribution in [0.3, 0.4) is 0 Å². The topological polar surface area (TPSA) is 37.0 Å². The van der Waals surface area contributed by atoms with Crippen molar-refractivity contribution in [2.75, 3.05) is 0 Å². The number of fused-ring (bicyclic) bond motifs is 1. The van der Waals surface area contributed by atoms with Crippen molar-refractivity contribution in [3.8, 4) is 0 Å². The summed E-state index contributed by atoms with van der Waals surface area (Å²) in [6.07, 6.45) is 0. The standard InChI is InChI=1S/C11H13NOS/c1-6(2)8-5-4-7(3)9-10(8)14-11(12)13-9/h4-6,12H,1-3H3. The average molecular weight is 207 g/mol. The van der Waals surface area contributed by atoms with Crippen molar-refractivity contribution >= 4 is 21.6 Å². The van der Waals surface area contributed by atoms with Gasteiger partial charge in [-0.1, -0.05) is 37.3 Å². The zero-order chi connectivity index (χ0) is 10.3. The van der Waals surface area contributed by atoms with Crippen LogP contribution in [0.25, 0.3) is 10.3 Å². The Hall–Kier alpha value is -1.09. The molecule has 0 spiro atoms. The van der Waals surface area contributed by atoms with Crippen molar-refractivity contribution in [2.45, 2.75) is 26.7 Å². The number of rotatable bonds is 1. The Morgan fingerprint density at radius 1 is 1.36 bits per heavy atom. The molecule has 0 aliphatic heterocycles. The molecule has 1 aromatic heterocycles. The molecule has 0 saturated carbocycles. The Kier molecular flexibility index (Phi) is 2.19. The lowest BCUT2D eigenvalue weighted by molar-refractivity contribution is 0.557. The summed E-state index contributed by atoms with van der Waals surface area (Å²) in [6, 6.07) is 4.20. The predicted octanol–water partition coefficient (Wildman–Crippen LogP) is 3.41. The first-order chi connectivity index (χ1) is 6.59. The third kappa shape index (κ3) is 1.38. The van der Waals surface area contributed by atoms with Gasteiger partial charge in [-0.3, -0.25) is 5.41 Å². The van der Waals surface area contributed by atoms with Crippen molar-refractivity contribution in [2.24, 2.45) is 0 Å². The monoisotopic (exact) mass is 207 g/mol. The van der Waals surface area contributed by atoms with Gasteiger partial charge in [0.2, 0.25) is 0 Å². The Bertz CT molecular complexity index is 522. The molecule has 1 heterocycles. The quantitative estimate of drug-likeness (QED) is 0.764. The minimum Gasteiger partial charge on any atom is -0.429 e. The lowest BCUT2D eigenvalue weighted by Gasteiger charge is -2.06. The van der Waals surface area contributed by atoms with E-state index in [0.29, 0.717) is 5.92 Å². The Morgan fingerprint density at radius 3 is 2.71 bits per heavy atom. The molecule has 0 saturated heterocycles. The highest BCUT2D eigenvalue weighted by Crippen LogP contribution is 2.29. The fourth-order valence-corrected chi connectivity index (χ4v) is 2.60. The maximum Gasteiger partial charge on any atom is 0.271 e. The second-order valence-electron chi connectivity index (χ2n) is 3.78. The molecule has 0 aliphatic carbocycles. The molecule has 2 aromatic rings. The van der Waals surface area contributed by atoms with Crippen LogP contribution in [0.2, 0.25) is 0 Å². The van der Waals surface area contributed by atoms with E-state index in [1.165, 1.54) is 16.9 Å². The lowest BCUT2D eigenvalue weighted by atomic mass is 10.0. The average Bonchev–Trinajstić information content (AvgIpc) is 2.47. The van der Waals surface area contributed by atoms with Crippen LogP contribution in [0.15, 0.2) is 16.5 Å². The van der Waals surface area contributed by atoms with Crippen molar-refractivity contribution in [3.63, 3.8) is 0 Å². The largest absolute Gasteiger partial charge is 0.429 e. The van der Waals surface area contributed by atoms with E-state index in [4.69, 9.17) is 9.83 Å². The van der Waals surface area contributed by atoms with Gasteiger partial charge in [-0.15, -0.1) is 0 Å². The number of aryl methyl sites for hydroxylation is 1. The van der Waals surface area contributed by atoms with Gasteiger partial charge < -0.3 is 4.42 Å². The summed E-state index contributed by atoms with van der Waals surface area (Å²) in [4.78, 5) is 0.288. The summed E-state index contributed by atoms with van der Waals surface area (Å²) < 4.78 is 6.50. The van der Waals surface area contributed by atoms with Crippen LogP contribution in [0.5, 0.6) is 0 Å². The Morgan fingerprint density at radius 2 is 2.07 bits per heavy atom. The van der Waals surface area contributed by atoms with E-state index in [1.54, 1.807) is 0 Å². The molecule has 1 aromatic carbocycles. The van der Waals surface area contributed by atoms with E-state index in [-0.39, 0.29) is 4.87 Å². The van der Waals surface area contributed by atoms with E-state index in [9.17, 15) is 0 Å². The summed E-state index contributed by atoms with van der Waals surface area (Å²) in [5, 5.41) is 7.51. The fraction of sp³-hybridized carbons (Fsp3) is 0.364. The van der Waals surface area contributed by atoms with E-state index in [2.05, 4.69) is 26.0 Å². The van der Waals surface area contributed by atoms with Gasteiger partial charge in [0.05, 0.1) is 4.70 Å².